The first-order valence-electron chi connectivity index (χ1n) is 6.74. The van der Waals surface area contributed by atoms with Gasteiger partial charge in [-0.1, -0.05) is 30.7 Å². The summed E-state index contributed by atoms with van der Waals surface area (Å²) in [7, 11) is 0. The maximum Gasteiger partial charge on any atom is 0.359 e. The number of piperidine rings is 1. The Morgan fingerprint density at radius 1 is 1.00 bits per heavy atom. The highest BCUT2D eigenvalue weighted by Crippen LogP contribution is 2.11. The van der Waals surface area contributed by atoms with Crippen molar-refractivity contribution in [2.24, 2.45) is 0 Å². The average molecular weight is 246 g/mol. The molecule has 0 saturated carbocycles. The van der Waals surface area contributed by atoms with E-state index >= 15 is 0 Å². The number of benzene rings is 1. The van der Waals surface area contributed by atoms with Gasteiger partial charge in [-0.05, 0) is 43.5 Å². The molecule has 1 radical (unpaired) electrons. The van der Waals surface area contributed by atoms with Gasteiger partial charge in [0.05, 0.1) is 6.42 Å². The summed E-state index contributed by atoms with van der Waals surface area (Å²) < 4.78 is 0. The van der Waals surface area contributed by atoms with Gasteiger partial charge < -0.3 is 4.90 Å². The monoisotopic (exact) mass is 246 g/mol. The van der Waals surface area contributed by atoms with Gasteiger partial charge in [-0.3, -0.25) is 0 Å². The zero-order valence-corrected chi connectivity index (χ0v) is 10.7. The van der Waals surface area contributed by atoms with E-state index in [0.717, 1.165) is 18.5 Å². The predicted molar refractivity (Wildman–Crippen MR) is 69.8 cm³/mol. The summed E-state index contributed by atoms with van der Waals surface area (Å²) in [5.74, 6) is -1.02. The topological polar surface area (TPSA) is 40.2 Å². The van der Waals surface area contributed by atoms with Crippen molar-refractivity contribution in [2.75, 3.05) is 19.6 Å². The van der Waals surface area contributed by atoms with Crippen molar-refractivity contribution in [3.05, 3.63) is 35.4 Å². The van der Waals surface area contributed by atoms with Gasteiger partial charge >= 0.3 is 5.97 Å². The van der Waals surface area contributed by atoms with E-state index in [1.807, 2.05) is 24.3 Å². The van der Waals surface area contributed by atoms with Crippen LogP contribution in [0.15, 0.2) is 24.3 Å². The number of nitrogens with zero attached hydrogens (tertiary/aromatic N) is 1. The molecule has 1 aromatic carbocycles. The number of likely N-dealkylation sites (tertiary alicyclic amines) is 1. The highest BCUT2D eigenvalue weighted by Gasteiger charge is 2.09. The number of carbonyl (C=O) groups excluding carboxylic acids is 1. The number of hydrogen-bond donors (Lipinski definition) is 0. The van der Waals surface area contributed by atoms with Gasteiger partial charge in [-0.2, -0.15) is 0 Å². The number of hydrogen-bond acceptors (Lipinski definition) is 2. The molecule has 0 amide bonds. The van der Waals surface area contributed by atoms with Crippen molar-refractivity contribution in [3.8, 4) is 0 Å². The maximum absolute atomic E-state index is 10.5. The van der Waals surface area contributed by atoms with Gasteiger partial charge in [0, 0.05) is 6.54 Å². The van der Waals surface area contributed by atoms with Gasteiger partial charge in [0.2, 0.25) is 0 Å². The average Bonchev–Trinajstić information content (AvgIpc) is 2.38. The SMILES string of the molecule is [O]C(=O)Cc1ccc(CCN2CCCCC2)cc1. The Labute approximate surface area is 108 Å². The van der Waals surface area contributed by atoms with Crippen molar-refractivity contribution < 1.29 is 9.90 Å². The van der Waals surface area contributed by atoms with Crippen LogP contribution in [-0.2, 0) is 22.7 Å². The van der Waals surface area contributed by atoms with E-state index in [2.05, 4.69) is 4.90 Å². The lowest BCUT2D eigenvalue weighted by Gasteiger charge is -2.26. The fraction of sp³-hybridized carbons (Fsp3) is 0.533. The summed E-state index contributed by atoms with van der Waals surface area (Å²) in [6.07, 6.45) is 5.07. The predicted octanol–water partition coefficient (Wildman–Crippen LogP) is 2.21. The van der Waals surface area contributed by atoms with Crippen molar-refractivity contribution >= 4 is 5.97 Å². The maximum atomic E-state index is 10.5. The van der Waals surface area contributed by atoms with Crippen molar-refractivity contribution in [1.82, 2.24) is 4.90 Å². The molecule has 18 heavy (non-hydrogen) atoms. The van der Waals surface area contributed by atoms with Gasteiger partial charge in [0.1, 0.15) is 0 Å². The Balaban J connectivity index is 1.80. The molecule has 97 valence electrons. The molecule has 0 atom stereocenters. The molecule has 1 aliphatic heterocycles. The van der Waals surface area contributed by atoms with E-state index in [4.69, 9.17) is 0 Å². The molecule has 1 fully saturated rings. The largest absolute Gasteiger partial charge is 0.359 e. The highest BCUT2D eigenvalue weighted by atomic mass is 16.4. The minimum Gasteiger partial charge on any atom is -0.303 e. The molecular formula is C15H20NO2. The Kier molecular flexibility index (Phi) is 4.76. The van der Waals surface area contributed by atoms with E-state index in [1.54, 1.807) is 0 Å². The summed E-state index contributed by atoms with van der Waals surface area (Å²) in [6.45, 7) is 3.56. The molecule has 0 spiro atoms. The van der Waals surface area contributed by atoms with Gasteiger partial charge in [-0.25, -0.2) is 9.90 Å². The molecular weight excluding hydrogens is 226 g/mol. The van der Waals surface area contributed by atoms with Crippen LogP contribution in [0.25, 0.3) is 0 Å². The fourth-order valence-corrected chi connectivity index (χ4v) is 2.46. The molecule has 2 rings (SSSR count). The van der Waals surface area contributed by atoms with Crippen molar-refractivity contribution in [2.45, 2.75) is 32.1 Å². The smallest absolute Gasteiger partial charge is 0.303 e. The second kappa shape index (κ2) is 6.55. The van der Waals surface area contributed by atoms with Gasteiger partial charge in [0.25, 0.3) is 0 Å². The second-order valence-corrected chi connectivity index (χ2v) is 5.02. The second-order valence-electron chi connectivity index (χ2n) is 5.02. The molecule has 0 bridgehead atoms. The van der Waals surface area contributed by atoms with E-state index in [9.17, 15) is 9.90 Å². The molecule has 0 N–H and O–H groups in total. The number of carbonyl (C=O) groups is 1. The first kappa shape index (κ1) is 13.1. The van der Waals surface area contributed by atoms with Crippen LogP contribution in [0.5, 0.6) is 0 Å². The quantitative estimate of drug-likeness (QED) is 0.799. The lowest BCUT2D eigenvalue weighted by Crippen LogP contribution is -2.31. The zero-order chi connectivity index (χ0) is 12.8. The van der Waals surface area contributed by atoms with Crippen LogP contribution in [0.4, 0.5) is 0 Å². The third-order valence-corrected chi connectivity index (χ3v) is 3.54. The standard InChI is InChI=1S/C15H20NO2/c17-15(18)12-14-6-4-13(5-7-14)8-11-16-9-2-1-3-10-16/h4-7H,1-3,8-12H2. The summed E-state index contributed by atoms with van der Waals surface area (Å²) >= 11 is 0. The normalized spacial score (nSPS) is 16.7. The van der Waals surface area contributed by atoms with Crippen LogP contribution in [0.3, 0.4) is 0 Å². The zero-order valence-electron chi connectivity index (χ0n) is 10.7. The van der Waals surface area contributed by atoms with Crippen LogP contribution in [0.1, 0.15) is 30.4 Å². The van der Waals surface area contributed by atoms with E-state index < -0.39 is 5.97 Å². The molecule has 3 nitrogen and oxygen atoms in total. The van der Waals surface area contributed by atoms with E-state index in [-0.39, 0.29) is 6.42 Å². The van der Waals surface area contributed by atoms with E-state index in [0.29, 0.717) is 0 Å². The van der Waals surface area contributed by atoms with Crippen LogP contribution >= 0.6 is 0 Å². The van der Waals surface area contributed by atoms with Crippen LogP contribution in [0, 0.1) is 0 Å². The van der Waals surface area contributed by atoms with Crippen LogP contribution in [-0.4, -0.2) is 30.5 Å². The Bertz CT molecular complexity index is 380. The number of rotatable bonds is 5. The lowest BCUT2D eigenvalue weighted by atomic mass is 10.1. The Morgan fingerprint density at radius 3 is 2.22 bits per heavy atom. The Morgan fingerprint density at radius 2 is 1.61 bits per heavy atom. The fourth-order valence-electron chi connectivity index (χ4n) is 2.46. The van der Waals surface area contributed by atoms with E-state index in [1.165, 1.54) is 37.9 Å². The summed E-state index contributed by atoms with van der Waals surface area (Å²) in [4.78, 5) is 13.0. The summed E-state index contributed by atoms with van der Waals surface area (Å²) in [5, 5.41) is 10.5. The van der Waals surface area contributed by atoms with Gasteiger partial charge in [-0.15, -0.1) is 0 Å². The molecule has 1 aromatic rings. The molecule has 3 heteroatoms. The minimum absolute atomic E-state index is 0.00635. The third kappa shape index (κ3) is 4.15. The lowest BCUT2D eigenvalue weighted by molar-refractivity contribution is -0.142. The van der Waals surface area contributed by atoms with Gasteiger partial charge in [0.15, 0.2) is 0 Å². The summed E-state index contributed by atoms with van der Waals surface area (Å²) in [5.41, 5.74) is 2.10. The molecule has 1 aliphatic rings. The van der Waals surface area contributed by atoms with Crippen LogP contribution < -0.4 is 0 Å². The highest BCUT2D eigenvalue weighted by molar-refractivity contribution is 5.69. The molecule has 1 heterocycles. The molecule has 1 saturated heterocycles. The van der Waals surface area contributed by atoms with Crippen LogP contribution in [0.2, 0.25) is 0 Å². The molecule has 0 aromatic heterocycles. The first-order chi connectivity index (χ1) is 8.74. The minimum atomic E-state index is -1.02. The van der Waals surface area contributed by atoms with Crippen molar-refractivity contribution in [3.63, 3.8) is 0 Å². The summed E-state index contributed by atoms with van der Waals surface area (Å²) in [6, 6.07) is 7.84. The van der Waals surface area contributed by atoms with Crippen molar-refractivity contribution in [1.29, 1.82) is 0 Å². The third-order valence-electron chi connectivity index (χ3n) is 3.54. The molecule has 0 unspecified atom stereocenters. The Hall–Kier alpha value is -1.35. The molecule has 0 aliphatic carbocycles. The first-order valence-corrected chi connectivity index (χ1v) is 6.74.